The van der Waals surface area contributed by atoms with Crippen molar-refractivity contribution in [1.82, 2.24) is 17.3 Å². The Hall–Kier alpha value is -2.64. The Morgan fingerprint density at radius 1 is 0.979 bits per heavy atom. The zero-order valence-electron chi connectivity index (χ0n) is 27.7. The van der Waals surface area contributed by atoms with Crippen LogP contribution in [-0.4, -0.2) is 68.9 Å². The standard InChI is InChI=1S/C37H44IN4O5S/c1-40-20-24-9-15-32(38-40)42(24)36(44)37-17-16-30(37)29-19-25(47-2)10-14-27(29)34-33(22-6-4-3-5-7-22)28-13-8-23(18-31(28)41(34)21-37)35(43)39-48(45,46)26-11-12-26/h8,10,13-14,18-19,22,24,26,30,32H,3-7,9,11-12,15-17,20-21H2,1-2H3,(H,39,43)/q-1/t24?,30-,32?,37-/m1/s1. The summed E-state index contributed by atoms with van der Waals surface area (Å²) in [6, 6.07) is 12.4. The van der Waals surface area contributed by atoms with E-state index in [1.165, 1.54) is 41.6 Å². The molecule has 5 fully saturated rings. The van der Waals surface area contributed by atoms with Crippen LogP contribution in [0.2, 0.25) is 0 Å². The summed E-state index contributed by atoms with van der Waals surface area (Å²) in [5, 5.41) is 0.640. The van der Waals surface area contributed by atoms with Crippen molar-refractivity contribution in [3.8, 4) is 17.0 Å². The van der Waals surface area contributed by atoms with Gasteiger partial charge < -0.3 is 0 Å². The minimum atomic E-state index is -3.69. The fourth-order valence-electron chi connectivity index (χ4n) is 9.67. The molecular weight excluding hydrogens is 739 g/mol. The van der Waals surface area contributed by atoms with Gasteiger partial charge in [-0.05, 0) is 12.8 Å². The molecule has 2 saturated heterocycles. The van der Waals surface area contributed by atoms with Gasteiger partial charge in [0.2, 0.25) is 0 Å². The third-order valence-corrected chi connectivity index (χ3v) is 17.3. The number of nitrogens with one attached hydrogen (secondary N) is 1. The Bertz CT molecular complexity index is 1940. The van der Waals surface area contributed by atoms with E-state index in [2.05, 4.69) is 36.5 Å². The van der Waals surface area contributed by atoms with Crippen molar-refractivity contribution >= 4 is 32.7 Å². The summed E-state index contributed by atoms with van der Waals surface area (Å²) in [6.07, 6.45) is 11.0. The number of hydrogen-bond donors (Lipinski definition) is 1. The minimum absolute atomic E-state index is 0.0803. The average Bonchev–Trinajstić information content (AvgIpc) is 3.85. The third-order valence-electron chi connectivity index (χ3n) is 12.3. The Morgan fingerprint density at radius 3 is 2.50 bits per heavy atom. The first kappa shape index (κ1) is 31.3. The van der Waals surface area contributed by atoms with Crippen molar-refractivity contribution in [3.63, 3.8) is 0 Å². The number of halogens is 1. The summed E-state index contributed by atoms with van der Waals surface area (Å²) in [4.78, 5) is 31.0. The maximum atomic E-state index is 15.2. The first-order chi connectivity index (χ1) is 23.2. The molecule has 2 aromatic carbocycles. The SMILES string of the molecule is COc1ccc2c(c1)[C@H]1CC[C@@]1(C(=O)N1C3CCC1[I-]N(C)C3)Cn1c-2c(C2CCCCC2)c2ccc(C(=O)NS(=O)(=O)C3CC3)cc21. The number of rotatable bonds is 6. The van der Waals surface area contributed by atoms with Gasteiger partial charge >= 0.3 is 268 Å². The van der Waals surface area contributed by atoms with Crippen LogP contribution in [0.1, 0.15) is 104 Å². The van der Waals surface area contributed by atoms with Crippen LogP contribution in [0, 0.1) is 5.41 Å². The van der Waals surface area contributed by atoms with Crippen LogP contribution in [0.3, 0.4) is 0 Å². The monoisotopic (exact) mass is 783 g/mol. The third kappa shape index (κ3) is 4.80. The van der Waals surface area contributed by atoms with Gasteiger partial charge in [0.1, 0.15) is 0 Å². The molecule has 1 aromatic heterocycles. The molecule has 4 atom stereocenters. The van der Waals surface area contributed by atoms with Gasteiger partial charge in [0, 0.05) is 0 Å². The van der Waals surface area contributed by atoms with E-state index in [1.807, 2.05) is 18.2 Å². The van der Waals surface area contributed by atoms with Crippen LogP contribution in [0.5, 0.6) is 5.75 Å². The number of ether oxygens (including phenoxy) is 1. The molecule has 9 nitrogen and oxygen atoms in total. The van der Waals surface area contributed by atoms with E-state index in [-0.39, 0.29) is 33.4 Å². The van der Waals surface area contributed by atoms with Crippen LogP contribution in [0.4, 0.5) is 0 Å². The zero-order chi connectivity index (χ0) is 32.9. The number of likely N-dealkylation sites (N-methyl/N-ethyl adjacent to an activating group) is 1. The quantitative estimate of drug-likeness (QED) is 0.179. The van der Waals surface area contributed by atoms with Gasteiger partial charge in [0.05, 0.1) is 5.25 Å². The normalized spacial score (nSPS) is 28.8. The molecule has 1 N–H and O–H groups in total. The number of alkyl halides is 1. The van der Waals surface area contributed by atoms with E-state index in [0.29, 0.717) is 40.8 Å². The van der Waals surface area contributed by atoms with Gasteiger partial charge in [-0.2, -0.15) is 0 Å². The molecule has 2 amide bonds. The Morgan fingerprint density at radius 2 is 1.79 bits per heavy atom. The first-order valence-electron chi connectivity index (χ1n) is 17.8. The summed E-state index contributed by atoms with van der Waals surface area (Å²) in [7, 11) is 0.240. The van der Waals surface area contributed by atoms with E-state index in [4.69, 9.17) is 4.74 Å². The number of hydrogen-bond acceptors (Lipinski definition) is 6. The van der Waals surface area contributed by atoms with Crippen molar-refractivity contribution in [2.75, 3.05) is 20.7 Å². The van der Waals surface area contributed by atoms with Crippen molar-refractivity contribution in [2.24, 2.45) is 5.41 Å². The predicted molar refractivity (Wildman–Crippen MR) is 180 cm³/mol. The Labute approximate surface area is 293 Å². The van der Waals surface area contributed by atoms with E-state index >= 15 is 4.79 Å². The van der Waals surface area contributed by atoms with Gasteiger partial charge in [-0.15, -0.1) is 0 Å². The molecule has 3 aromatic rings. The molecule has 0 spiro atoms. The second-order valence-corrected chi connectivity index (χ2v) is 20.7. The number of carbonyl (C=O) groups is 2. The topological polar surface area (TPSA) is 101 Å². The molecule has 48 heavy (non-hydrogen) atoms. The summed E-state index contributed by atoms with van der Waals surface area (Å²) >= 11 is -0.244. The molecule has 3 saturated carbocycles. The number of aromatic nitrogens is 1. The van der Waals surface area contributed by atoms with Gasteiger partial charge in [0.15, 0.2) is 0 Å². The van der Waals surface area contributed by atoms with Crippen molar-refractivity contribution < 1.29 is 44.2 Å². The summed E-state index contributed by atoms with van der Waals surface area (Å²) in [6.45, 7) is 1.52. The van der Waals surface area contributed by atoms with Gasteiger partial charge in [-0.25, -0.2) is 8.42 Å². The fraction of sp³-hybridized carbons (Fsp3) is 0.568. The number of nitrogens with zero attached hydrogens (tertiary/aromatic N) is 3. The molecule has 4 heterocycles. The van der Waals surface area contributed by atoms with Gasteiger partial charge in [-0.3, -0.25) is 0 Å². The number of fused-ring (bicyclic) bond motifs is 9. The molecule has 3 aliphatic heterocycles. The molecule has 11 heteroatoms. The summed E-state index contributed by atoms with van der Waals surface area (Å²) in [5.41, 5.74) is 5.55. The van der Waals surface area contributed by atoms with Crippen molar-refractivity contribution in [3.05, 3.63) is 53.1 Å². The van der Waals surface area contributed by atoms with E-state index in [9.17, 15) is 13.2 Å². The number of amides is 2. The zero-order valence-corrected chi connectivity index (χ0v) is 30.7. The first-order valence-corrected chi connectivity index (χ1v) is 21.5. The molecule has 2 unspecified atom stereocenters. The summed E-state index contributed by atoms with van der Waals surface area (Å²) in [5.74, 6) is 1.00. The summed E-state index contributed by atoms with van der Waals surface area (Å²) < 4.78 is 38.9. The average molecular weight is 784 g/mol. The molecule has 3 aliphatic carbocycles. The van der Waals surface area contributed by atoms with E-state index < -0.39 is 26.6 Å². The second-order valence-electron chi connectivity index (χ2n) is 15.1. The Balaban J connectivity index is 1.24. The molecule has 2 bridgehead atoms. The van der Waals surface area contributed by atoms with E-state index in [1.54, 1.807) is 13.2 Å². The van der Waals surface area contributed by atoms with Crippen LogP contribution in [0.25, 0.3) is 22.2 Å². The molecule has 256 valence electrons. The number of sulfonamides is 1. The number of benzene rings is 2. The Kier molecular flexibility index (Phi) is 7.48. The second kappa shape index (κ2) is 11.4. The van der Waals surface area contributed by atoms with Gasteiger partial charge in [0.25, 0.3) is 0 Å². The number of methoxy groups -OCH3 is 1. The van der Waals surface area contributed by atoms with E-state index in [0.717, 1.165) is 61.7 Å². The molecule has 9 rings (SSSR count). The predicted octanol–water partition coefficient (Wildman–Crippen LogP) is 2.73. The number of carbonyl (C=O) groups excluding carboxylic acids is 2. The molecule has 6 aliphatic rings. The van der Waals surface area contributed by atoms with Crippen LogP contribution < -0.4 is 30.9 Å². The van der Waals surface area contributed by atoms with Gasteiger partial charge in [-0.1, -0.05) is 0 Å². The molecule has 0 radical (unpaired) electrons. The fourth-order valence-corrected chi connectivity index (χ4v) is 14.4. The molecular formula is C37H44IN4O5S-. The van der Waals surface area contributed by atoms with Crippen LogP contribution in [-0.2, 0) is 21.4 Å². The van der Waals surface area contributed by atoms with Crippen molar-refractivity contribution in [2.45, 2.75) is 104 Å². The van der Waals surface area contributed by atoms with Crippen molar-refractivity contribution in [1.29, 1.82) is 0 Å². The van der Waals surface area contributed by atoms with Crippen LogP contribution >= 0.6 is 0 Å². The van der Waals surface area contributed by atoms with Crippen LogP contribution in [0.15, 0.2) is 36.4 Å². The maximum absolute atomic E-state index is 15.2.